The molecular formula is C19H15F3N2O4. The highest BCUT2D eigenvalue weighted by molar-refractivity contribution is 5.93. The van der Waals surface area contributed by atoms with Crippen molar-refractivity contribution in [2.45, 2.75) is 6.18 Å². The first-order valence-corrected chi connectivity index (χ1v) is 8.17. The summed E-state index contributed by atoms with van der Waals surface area (Å²) in [5, 5.41) is 18.7. The number of rotatable bonds is 4. The summed E-state index contributed by atoms with van der Waals surface area (Å²) in [5.41, 5.74) is -1.51. The van der Waals surface area contributed by atoms with Crippen molar-refractivity contribution < 1.29 is 28.2 Å². The van der Waals surface area contributed by atoms with Crippen LogP contribution in [-0.2, 0) is 6.18 Å². The third-order valence-electron chi connectivity index (χ3n) is 4.22. The third kappa shape index (κ3) is 3.70. The smallest absolute Gasteiger partial charge is 0.417 e. The molecule has 0 fully saturated rings. The van der Waals surface area contributed by atoms with Crippen LogP contribution in [0.1, 0.15) is 5.56 Å². The first kappa shape index (κ1) is 19.4. The van der Waals surface area contributed by atoms with E-state index in [2.05, 4.69) is 4.98 Å². The van der Waals surface area contributed by atoms with E-state index in [-0.39, 0.29) is 28.9 Å². The number of pyridine rings is 1. The number of hydrogen-bond acceptors (Lipinski definition) is 3. The fourth-order valence-electron chi connectivity index (χ4n) is 2.96. The Bertz CT molecular complexity index is 1090. The molecule has 9 heteroatoms. The lowest BCUT2D eigenvalue weighted by atomic mass is 10.0. The van der Waals surface area contributed by atoms with Crippen molar-refractivity contribution in [3.63, 3.8) is 0 Å². The second-order valence-electron chi connectivity index (χ2n) is 5.98. The number of alkyl halides is 3. The monoisotopic (exact) mass is 392 g/mol. The number of benzene rings is 2. The summed E-state index contributed by atoms with van der Waals surface area (Å²) in [6.45, 7) is -0.594. The summed E-state index contributed by atoms with van der Waals surface area (Å²) in [6.07, 6.45) is -5.89. The maximum Gasteiger partial charge on any atom is 0.417 e. The number of carboxylic acid groups (broad SMARTS) is 1. The average Bonchev–Trinajstić information content (AvgIpc) is 2.65. The van der Waals surface area contributed by atoms with Crippen LogP contribution in [-0.4, -0.2) is 34.4 Å². The zero-order chi connectivity index (χ0) is 20.5. The van der Waals surface area contributed by atoms with Gasteiger partial charge >= 0.3 is 12.3 Å². The zero-order valence-corrected chi connectivity index (χ0v) is 14.3. The number of amides is 1. The lowest BCUT2D eigenvalue weighted by Crippen LogP contribution is -2.32. The van der Waals surface area contributed by atoms with Crippen LogP contribution in [0.3, 0.4) is 0 Å². The molecule has 1 aromatic heterocycles. The average molecular weight is 392 g/mol. The Morgan fingerprint density at radius 2 is 1.82 bits per heavy atom. The Morgan fingerprint density at radius 3 is 2.46 bits per heavy atom. The Hall–Kier alpha value is -3.33. The van der Waals surface area contributed by atoms with Gasteiger partial charge in [0, 0.05) is 22.3 Å². The van der Waals surface area contributed by atoms with Crippen molar-refractivity contribution in [1.29, 1.82) is 0 Å². The number of carbonyl (C=O) groups is 1. The van der Waals surface area contributed by atoms with Crippen LogP contribution in [0.2, 0.25) is 0 Å². The van der Waals surface area contributed by atoms with Gasteiger partial charge in [-0.2, -0.15) is 13.2 Å². The number of halogens is 3. The lowest BCUT2D eigenvalue weighted by Gasteiger charge is -2.18. The highest BCUT2D eigenvalue weighted by Crippen LogP contribution is 2.36. The van der Waals surface area contributed by atoms with Gasteiger partial charge in [-0.15, -0.1) is 0 Å². The Balaban J connectivity index is 2.15. The third-order valence-corrected chi connectivity index (χ3v) is 4.22. The summed E-state index contributed by atoms with van der Waals surface area (Å²) in [7, 11) is 0. The SMILES string of the molecule is O=C(O)N(CCO)c1ccc2cc(-c3ccccc3C(F)(F)F)[nH]c(=O)c2c1. The normalized spacial score (nSPS) is 11.6. The van der Waals surface area contributed by atoms with E-state index in [1.165, 1.54) is 42.5 Å². The van der Waals surface area contributed by atoms with E-state index in [1.54, 1.807) is 0 Å². The number of nitrogens with zero attached hydrogens (tertiary/aromatic N) is 1. The van der Waals surface area contributed by atoms with Crippen LogP contribution >= 0.6 is 0 Å². The molecular weight excluding hydrogens is 377 g/mol. The fourth-order valence-corrected chi connectivity index (χ4v) is 2.96. The second kappa shape index (κ2) is 7.35. The summed E-state index contributed by atoms with van der Waals surface area (Å²) in [4.78, 5) is 27.1. The first-order valence-electron chi connectivity index (χ1n) is 8.17. The number of aliphatic hydroxyl groups excluding tert-OH is 1. The Morgan fingerprint density at radius 1 is 1.11 bits per heavy atom. The van der Waals surface area contributed by atoms with Gasteiger partial charge in [0.05, 0.1) is 18.7 Å². The first-order chi connectivity index (χ1) is 13.2. The number of aromatic amines is 1. The standard InChI is InChI=1S/C19H15F3N2O4/c20-19(21,22)15-4-2-1-3-13(15)16-9-11-5-6-12(10-14(11)17(26)23-16)24(7-8-25)18(27)28/h1-6,9-10,25H,7-8H2,(H,23,26)(H,27,28). The molecule has 0 radical (unpaired) electrons. The van der Waals surface area contributed by atoms with E-state index in [9.17, 15) is 27.9 Å². The quantitative estimate of drug-likeness (QED) is 0.631. The van der Waals surface area contributed by atoms with E-state index in [1.807, 2.05) is 0 Å². The number of aliphatic hydroxyl groups is 1. The van der Waals surface area contributed by atoms with Crippen LogP contribution in [0.25, 0.3) is 22.0 Å². The molecule has 3 aromatic rings. The predicted molar refractivity (Wildman–Crippen MR) is 97.5 cm³/mol. The minimum absolute atomic E-state index is 0.00336. The molecule has 28 heavy (non-hydrogen) atoms. The molecule has 2 aromatic carbocycles. The molecule has 0 bridgehead atoms. The molecule has 0 spiro atoms. The predicted octanol–water partition coefficient (Wildman–Crippen LogP) is 3.69. The Kier molecular flexibility index (Phi) is 5.10. The molecule has 0 aliphatic carbocycles. The number of hydrogen-bond donors (Lipinski definition) is 3. The number of aromatic nitrogens is 1. The highest BCUT2D eigenvalue weighted by atomic mass is 19.4. The van der Waals surface area contributed by atoms with Crippen LogP contribution in [0, 0.1) is 0 Å². The van der Waals surface area contributed by atoms with Crippen LogP contribution in [0.15, 0.2) is 53.3 Å². The molecule has 6 nitrogen and oxygen atoms in total. The van der Waals surface area contributed by atoms with Gasteiger partial charge in [-0.25, -0.2) is 4.79 Å². The second-order valence-corrected chi connectivity index (χ2v) is 5.98. The molecule has 1 heterocycles. The molecule has 3 N–H and O–H groups in total. The number of H-pyrrole nitrogens is 1. The maximum atomic E-state index is 13.3. The van der Waals surface area contributed by atoms with Crippen molar-refractivity contribution in [3.05, 3.63) is 64.4 Å². The van der Waals surface area contributed by atoms with Gasteiger partial charge in [0.15, 0.2) is 0 Å². The lowest BCUT2D eigenvalue weighted by molar-refractivity contribution is -0.137. The van der Waals surface area contributed by atoms with Crippen molar-refractivity contribution in [1.82, 2.24) is 4.98 Å². The van der Waals surface area contributed by atoms with E-state index >= 15 is 0 Å². The summed E-state index contributed by atoms with van der Waals surface area (Å²) < 4.78 is 39.8. The summed E-state index contributed by atoms with van der Waals surface area (Å²) in [5.74, 6) is 0. The molecule has 0 aliphatic heterocycles. The van der Waals surface area contributed by atoms with Crippen molar-refractivity contribution in [2.75, 3.05) is 18.1 Å². The molecule has 0 unspecified atom stereocenters. The molecule has 0 saturated carbocycles. The molecule has 1 amide bonds. The maximum absolute atomic E-state index is 13.3. The van der Waals surface area contributed by atoms with Gasteiger partial charge in [0.2, 0.25) is 0 Å². The van der Waals surface area contributed by atoms with Gasteiger partial charge < -0.3 is 15.2 Å². The number of anilines is 1. The molecule has 146 valence electrons. The van der Waals surface area contributed by atoms with E-state index in [0.29, 0.717) is 5.39 Å². The van der Waals surface area contributed by atoms with E-state index in [4.69, 9.17) is 5.11 Å². The van der Waals surface area contributed by atoms with Gasteiger partial charge in [0.25, 0.3) is 5.56 Å². The largest absolute Gasteiger partial charge is 0.465 e. The van der Waals surface area contributed by atoms with Crippen molar-refractivity contribution in [2.24, 2.45) is 0 Å². The number of fused-ring (bicyclic) bond motifs is 1. The number of nitrogens with one attached hydrogen (secondary N) is 1. The molecule has 0 aliphatic rings. The van der Waals surface area contributed by atoms with Gasteiger partial charge in [0.1, 0.15) is 0 Å². The van der Waals surface area contributed by atoms with Gasteiger partial charge in [-0.3, -0.25) is 9.69 Å². The zero-order valence-electron chi connectivity index (χ0n) is 14.3. The van der Waals surface area contributed by atoms with Crippen LogP contribution in [0.4, 0.5) is 23.7 Å². The minimum Gasteiger partial charge on any atom is -0.465 e. The molecule has 3 rings (SSSR count). The summed E-state index contributed by atoms with van der Waals surface area (Å²) in [6, 6.07) is 10.5. The van der Waals surface area contributed by atoms with E-state index < -0.39 is 30.0 Å². The highest BCUT2D eigenvalue weighted by Gasteiger charge is 2.33. The topological polar surface area (TPSA) is 93.6 Å². The van der Waals surface area contributed by atoms with Gasteiger partial charge in [-0.05, 0) is 29.7 Å². The van der Waals surface area contributed by atoms with Crippen molar-refractivity contribution >= 4 is 22.6 Å². The molecule has 0 saturated heterocycles. The minimum atomic E-state index is -4.58. The van der Waals surface area contributed by atoms with Crippen LogP contribution in [0.5, 0.6) is 0 Å². The van der Waals surface area contributed by atoms with Crippen LogP contribution < -0.4 is 10.5 Å². The van der Waals surface area contributed by atoms with E-state index in [0.717, 1.165) is 11.0 Å². The Labute approximate surface area is 156 Å². The fraction of sp³-hybridized carbons (Fsp3) is 0.158. The molecule has 0 atom stereocenters. The van der Waals surface area contributed by atoms with Gasteiger partial charge in [-0.1, -0.05) is 24.3 Å². The van der Waals surface area contributed by atoms with Crippen molar-refractivity contribution in [3.8, 4) is 11.3 Å². The summed E-state index contributed by atoms with van der Waals surface area (Å²) >= 11 is 0.